The molecular formula is C46H38N5O+. The van der Waals surface area contributed by atoms with Crippen LogP contribution in [0.15, 0.2) is 179 Å². The van der Waals surface area contributed by atoms with Crippen molar-refractivity contribution in [2.45, 2.75) is 24.9 Å². The van der Waals surface area contributed by atoms with E-state index in [9.17, 15) is 0 Å². The Hall–Kier alpha value is -6.37. The van der Waals surface area contributed by atoms with Gasteiger partial charge in [-0.1, -0.05) is 127 Å². The van der Waals surface area contributed by atoms with Crippen LogP contribution in [0.25, 0.3) is 49.3 Å². The van der Waals surface area contributed by atoms with Crippen molar-refractivity contribution >= 4 is 55.2 Å². The lowest BCUT2D eigenvalue weighted by Gasteiger charge is -2.41. The van der Waals surface area contributed by atoms with Crippen LogP contribution < -0.4 is 10.6 Å². The fourth-order valence-corrected chi connectivity index (χ4v) is 8.37. The maximum Gasteiger partial charge on any atom is 0.210 e. The van der Waals surface area contributed by atoms with E-state index in [-0.39, 0.29) is 12.3 Å². The average molecular weight is 677 g/mol. The van der Waals surface area contributed by atoms with E-state index >= 15 is 0 Å². The molecule has 6 nitrogen and oxygen atoms in total. The normalized spacial score (nSPS) is 20.6. The monoisotopic (exact) mass is 676 g/mol. The molecular weight excluding hydrogens is 639 g/mol. The van der Waals surface area contributed by atoms with E-state index < -0.39 is 5.66 Å². The molecule has 2 aromatic heterocycles. The molecule has 0 saturated carbocycles. The summed E-state index contributed by atoms with van der Waals surface area (Å²) in [4.78, 5) is 7.93. The number of aliphatic imine (C=N–C) groups is 1. The van der Waals surface area contributed by atoms with Gasteiger partial charge in [0.2, 0.25) is 6.17 Å². The highest BCUT2D eigenvalue weighted by molar-refractivity contribution is 6.24. The van der Waals surface area contributed by atoms with E-state index in [0.29, 0.717) is 0 Å². The molecule has 0 saturated heterocycles. The lowest BCUT2D eigenvalue weighted by molar-refractivity contribution is -0.774. The summed E-state index contributed by atoms with van der Waals surface area (Å²) < 4.78 is 9.00. The number of allylic oxidation sites excluding steroid dienone is 2. The predicted octanol–water partition coefficient (Wildman–Crippen LogP) is 9.24. The summed E-state index contributed by atoms with van der Waals surface area (Å²) in [6.07, 6.45) is 4.22. The molecule has 4 heterocycles. The molecule has 3 unspecified atom stereocenters. The SMILES string of the molecule is CN1C=C(c2ccccc2)C=C(C2=NC(c3ccccc3)[NH2+]C(C)(c3ccccc3)N2)C1n1c2ccccc2c2ccc3oc4ccccc4c3c21. The molecule has 52 heavy (non-hydrogen) atoms. The lowest BCUT2D eigenvalue weighted by atomic mass is 9.94. The van der Waals surface area contributed by atoms with Crippen LogP contribution in [0.4, 0.5) is 0 Å². The molecule has 3 atom stereocenters. The maximum atomic E-state index is 6.49. The molecule has 3 N–H and O–H groups in total. The quantitative estimate of drug-likeness (QED) is 0.191. The molecule has 0 amide bonds. The molecule has 0 aliphatic carbocycles. The number of amidine groups is 1. The van der Waals surface area contributed by atoms with Crippen molar-refractivity contribution in [2.24, 2.45) is 4.99 Å². The highest BCUT2D eigenvalue weighted by atomic mass is 16.3. The third-order valence-corrected chi connectivity index (χ3v) is 10.8. The number of likely N-dealkylation sites (N-methyl/N-ethyl adjacent to an activating group) is 1. The molecule has 0 spiro atoms. The number of aromatic nitrogens is 1. The molecule has 252 valence electrons. The summed E-state index contributed by atoms with van der Waals surface area (Å²) in [5.74, 6) is 0.872. The van der Waals surface area contributed by atoms with Gasteiger partial charge < -0.3 is 19.2 Å². The van der Waals surface area contributed by atoms with E-state index in [1.54, 1.807) is 0 Å². The Labute approximate surface area is 302 Å². The topological polar surface area (TPSA) is 62.3 Å². The third kappa shape index (κ3) is 4.79. The number of quaternary nitrogens is 1. The Morgan fingerprint density at radius 2 is 1.37 bits per heavy atom. The van der Waals surface area contributed by atoms with Crippen LogP contribution in [0.2, 0.25) is 0 Å². The summed E-state index contributed by atoms with van der Waals surface area (Å²) in [6.45, 7) is 2.27. The van der Waals surface area contributed by atoms with Crippen LogP contribution in [0.3, 0.4) is 0 Å². The number of para-hydroxylation sites is 2. The Morgan fingerprint density at radius 3 is 2.15 bits per heavy atom. The second-order valence-electron chi connectivity index (χ2n) is 14.1. The Bertz CT molecular complexity index is 2720. The van der Waals surface area contributed by atoms with Gasteiger partial charge in [0.25, 0.3) is 0 Å². The zero-order chi connectivity index (χ0) is 34.8. The summed E-state index contributed by atoms with van der Waals surface area (Å²) in [5.41, 5.74) is 9.30. The van der Waals surface area contributed by atoms with Crippen molar-refractivity contribution < 1.29 is 9.73 Å². The van der Waals surface area contributed by atoms with E-state index in [1.165, 1.54) is 16.3 Å². The zero-order valence-electron chi connectivity index (χ0n) is 29.1. The number of hydrogen-bond donors (Lipinski definition) is 2. The molecule has 6 aromatic carbocycles. The second kappa shape index (κ2) is 11.9. The number of hydrogen-bond acceptors (Lipinski definition) is 4. The minimum absolute atomic E-state index is 0.164. The fraction of sp³-hybridized carbons (Fsp3) is 0.109. The van der Waals surface area contributed by atoms with Gasteiger partial charge >= 0.3 is 0 Å². The molecule has 2 aliphatic heterocycles. The molecule has 8 aromatic rings. The average Bonchev–Trinajstić information content (AvgIpc) is 3.74. The predicted molar refractivity (Wildman–Crippen MR) is 211 cm³/mol. The van der Waals surface area contributed by atoms with Crippen molar-refractivity contribution in [3.63, 3.8) is 0 Å². The van der Waals surface area contributed by atoms with Gasteiger partial charge in [-0.05, 0) is 41.5 Å². The van der Waals surface area contributed by atoms with Crippen LogP contribution >= 0.6 is 0 Å². The largest absolute Gasteiger partial charge is 0.456 e. The number of benzene rings is 6. The molecule has 0 radical (unpaired) electrons. The Morgan fingerprint density at radius 1 is 0.692 bits per heavy atom. The van der Waals surface area contributed by atoms with E-state index in [0.717, 1.165) is 61.1 Å². The maximum absolute atomic E-state index is 6.49. The summed E-state index contributed by atoms with van der Waals surface area (Å²) in [6, 6.07) is 53.5. The van der Waals surface area contributed by atoms with Gasteiger partial charge in [-0.15, -0.1) is 0 Å². The standard InChI is InChI=1S/C46H37N5O/c1-46(33-20-10-5-11-21-33)48-43(31-18-8-4-9-19-31)47-44(49-46)37-28-32(30-16-6-3-7-17-30)29-50(2)45(37)51-38-24-14-12-22-34(38)35-26-27-40-41(42(35)51)36-23-13-15-25-39(36)52-40/h3-29,43,45,48H,1-2H3,(H,47,49)/p+1. The van der Waals surface area contributed by atoms with Gasteiger partial charge in [0.1, 0.15) is 23.2 Å². The van der Waals surface area contributed by atoms with Crippen LogP contribution in [0.5, 0.6) is 0 Å². The summed E-state index contributed by atoms with van der Waals surface area (Å²) in [7, 11) is 2.19. The molecule has 0 bridgehead atoms. The van der Waals surface area contributed by atoms with E-state index in [4.69, 9.17) is 9.41 Å². The molecule has 6 heteroatoms. The number of fused-ring (bicyclic) bond motifs is 7. The first-order valence-electron chi connectivity index (χ1n) is 17.9. The van der Waals surface area contributed by atoms with Gasteiger partial charge in [-0.2, -0.15) is 0 Å². The smallest absolute Gasteiger partial charge is 0.210 e. The lowest BCUT2D eigenvalue weighted by Crippen LogP contribution is -3.00. The minimum atomic E-state index is -0.494. The number of rotatable bonds is 5. The Kier molecular flexibility index (Phi) is 6.95. The first kappa shape index (κ1) is 30.5. The van der Waals surface area contributed by atoms with Gasteiger partial charge in [0.05, 0.1) is 16.4 Å². The van der Waals surface area contributed by atoms with Crippen molar-refractivity contribution in [1.82, 2.24) is 14.8 Å². The van der Waals surface area contributed by atoms with Crippen molar-refractivity contribution in [1.29, 1.82) is 0 Å². The van der Waals surface area contributed by atoms with Crippen LogP contribution in [-0.2, 0) is 5.66 Å². The highest BCUT2D eigenvalue weighted by Crippen LogP contribution is 2.44. The summed E-state index contributed by atoms with van der Waals surface area (Å²) >= 11 is 0. The van der Waals surface area contributed by atoms with E-state index in [1.807, 2.05) is 6.07 Å². The van der Waals surface area contributed by atoms with E-state index in [2.05, 4.69) is 192 Å². The molecule has 10 rings (SSSR count). The van der Waals surface area contributed by atoms with Gasteiger partial charge in [-0.25, -0.2) is 4.99 Å². The van der Waals surface area contributed by atoms with Gasteiger partial charge in [-0.3, -0.25) is 5.32 Å². The molecule has 0 fully saturated rings. The van der Waals surface area contributed by atoms with Crippen molar-refractivity contribution in [2.75, 3.05) is 7.05 Å². The van der Waals surface area contributed by atoms with Crippen molar-refractivity contribution in [3.8, 4) is 0 Å². The van der Waals surface area contributed by atoms with Crippen molar-refractivity contribution in [3.05, 3.63) is 186 Å². The fourth-order valence-electron chi connectivity index (χ4n) is 8.37. The Balaban J connectivity index is 1.27. The highest BCUT2D eigenvalue weighted by Gasteiger charge is 2.42. The second-order valence-corrected chi connectivity index (χ2v) is 14.1. The number of nitrogens with zero attached hydrogens (tertiary/aromatic N) is 3. The number of furan rings is 1. The first-order chi connectivity index (χ1) is 25.6. The minimum Gasteiger partial charge on any atom is -0.456 e. The first-order valence-corrected chi connectivity index (χ1v) is 17.9. The molecule has 2 aliphatic rings. The van der Waals surface area contributed by atoms with Gasteiger partial charge in [0, 0.05) is 53.0 Å². The van der Waals surface area contributed by atoms with Crippen LogP contribution in [0, 0.1) is 0 Å². The van der Waals surface area contributed by atoms with Gasteiger partial charge in [0.15, 0.2) is 5.66 Å². The van der Waals surface area contributed by atoms with Crippen LogP contribution in [0.1, 0.15) is 35.9 Å². The zero-order valence-corrected chi connectivity index (χ0v) is 29.1. The third-order valence-electron chi connectivity index (χ3n) is 10.8. The summed E-state index contributed by atoms with van der Waals surface area (Å²) in [5, 5.41) is 11.0. The number of nitrogens with one attached hydrogen (secondary N) is 1. The van der Waals surface area contributed by atoms with Crippen LogP contribution in [-0.4, -0.2) is 22.4 Å². The number of nitrogens with two attached hydrogens (primary N) is 1.